The number of carbonyl (C=O) groups excluding carboxylic acids is 2. The summed E-state index contributed by atoms with van der Waals surface area (Å²) in [6, 6.07) is 11.6. The van der Waals surface area contributed by atoms with Crippen molar-refractivity contribution in [2.75, 3.05) is 27.2 Å². The van der Waals surface area contributed by atoms with Crippen molar-refractivity contribution in [2.24, 2.45) is 0 Å². The Bertz CT molecular complexity index is 1080. The molecule has 6 nitrogen and oxygen atoms in total. The Hall–Kier alpha value is -3.12. The van der Waals surface area contributed by atoms with Crippen LogP contribution in [0.25, 0.3) is 5.76 Å². The standard InChI is InChI=1S/C27H34N2O4/c1-17-8-11-19(27(2,3)4)16-21(17)24(31)22-23(18-9-12-20(30)13-10-18)29(26(33)25(22)32)15-7-14-28(5)6/h8-13,16,23,30-31H,7,14-15H2,1-6H3/b24-22+. The molecule has 2 aromatic carbocycles. The van der Waals surface area contributed by atoms with Crippen molar-refractivity contribution in [1.29, 1.82) is 0 Å². The molecule has 1 fully saturated rings. The average Bonchev–Trinajstić information content (AvgIpc) is 2.98. The summed E-state index contributed by atoms with van der Waals surface area (Å²) in [5.41, 5.74) is 3.02. The largest absolute Gasteiger partial charge is 0.508 e. The van der Waals surface area contributed by atoms with E-state index < -0.39 is 17.7 Å². The van der Waals surface area contributed by atoms with E-state index in [4.69, 9.17) is 0 Å². The Labute approximate surface area is 196 Å². The SMILES string of the molecule is Cc1ccc(C(C)(C)C)cc1/C(O)=C1\C(=O)C(=O)N(CCCN(C)C)C1c1ccc(O)cc1. The van der Waals surface area contributed by atoms with Crippen LogP contribution in [0.2, 0.25) is 0 Å². The zero-order valence-electron chi connectivity index (χ0n) is 20.3. The quantitative estimate of drug-likeness (QED) is 0.388. The number of amides is 1. The third-order valence-corrected chi connectivity index (χ3v) is 6.11. The molecule has 0 saturated carbocycles. The van der Waals surface area contributed by atoms with Gasteiger partial charge in [-0.2, -0.15) is 0 Å². The van der Waals surface area contributed by atoms with E-state index >= 15 is 0 Å². The molecule has 0 aliphatic carbocycles. The summed E-state index contributed by atoms with van der Waals surface area (Å²) < 4.78 is 0. The maximum absolute atomic E-state index is 13.2. The van der Waals surface area contributed by atoms with E-state index in [2.05, 4.69) is 20.8 Å². The number of carbonyl (C=O) groups is 2. The number of aryl methyl sites for hydroxylation is 1. The normalized spacial score (nSPS) is 18.4. The van der Waals surface area contributed by atoms with Gasteiger partial charge < -0.3 is 20.0 Å². The predicted molar refractivity (Wildman–Crippen MR) is 130 cm³/mol. The molecule has 1 atom stereocenters. The van der Waals surface area contributed by atoms with Crippen LogP contribution in [-0.4, -0.2) is 58.9 Å². The molecule has 0 spiro atoms. The zero-order chi connectivity index (χ0) is 24.5. The summed E-state index contributed by atoms with van der Waals surface area (Å²) >= 11 is 0. The molecule has 2 aromatic rings. The van der Waals surface area contributed by atoms with Crippen LogP contribution in [0.4, 0.5) is 0 Å². The number of nitrogens with zero attached hydrogens (tertiary/aromatic N) is 2. The Morgan fingerprint density at radius 2 is 1.70 bits per heavy atom. The van der Waals surface area contributed by atoms with Gasteiger partial charge in [-0.25, -0.2) is 0 Å². The highest BCUT2D eigenvalue weighted by Crippen LogP contribution is 2.40. The van der Waals surface area contributed by atoms with Gasteiger partial charge >= 0.3 is 0 Å². The highest BCUT2D eigenvalue weighted by Gasteiger charge is 2.46. The van der Waals surface area contributed by atoms with E-state index in [0.717, 1.165) is 17.7 Å². The second-order valence-corrected chi connectivity index (χ2v) is 10.0. The number of aliphatic hydroxyl groups excluding tert-OH is 1. The van der Waals surface area contributed by atoms with Gasteiger partial charge in [0.1, 0.15) is 11.5 Å². The van der Waals surface area contributed by atoms with Crippen LogP contribution < -0.4 is 0 Å². The number of benzene rings is 2. The topological polar surface area (TPSA) is 81.1 Å². The van der Waals surface area contributed by atoms with Gasteiger partial charge in [0.25, 0.3) is 11.7 Å². The lowest BCUT2D eigenvalue weighted by atomic mass is 9.84. The van der Waals surface area contributed by atoms with Gasteiger partial charge in [-0.1, -0.05) is 45.0 Å². The maximum Gasteiger partial charge on any atom is 0.295 e. The first-order valence-electron chi connectivity index (χ1n) is 11.3. The number of phenolic OH excluding ortho intramolecular Hbond substituents is 1. The first kappa shape index (κ1) is 24.5. The maximum atomic E-state index is 13.2. The van der Waals surface area contributed by atoms with E-state index in [1.807, 2.05) is 44.1 Å². The average molecular weight is 451 g/mol. The van der Waals surface area contributed by atoms with Crippen molar-refractivity contribution in [2.45, 2.75) is 45.6 Å². The van der Waals surface area contributed by atoms with E-state index in [9.17, 15) is 19.8 Å². The minimum absolute atomic E-state index is 0.0877. The molecule has 0 aromatic heterocycles. The van der Waals surface area contributed by atoms with Gasteiger partial charge in [0.2, 0.25) is 0 Å². The molecule has 1 aliphatic rings. The molecule has 6 heteroatoms. The van der Waals surface area contributed by atoms with Crippen LogP contribution in [-0.2, 0) is 15.0 Å². The van der Waals surface area contributed by atoms with Crippen molar-refractivity contribution in [3.8, 4) is 5.75 Å². The van der Waals surface area contributed by atoms with Crippen molar-refractivity contribution < 1.29 is 19.8 Å². The van der Waals surface area contributed by atoms with Crippen LogP contribution in [0.3, 0.4) is 0 Å². The highest BCUT2D eigenvalue weighted by atomic mass is 16.3. The highest BCUT2D eigenvalue weighted by molar-refractivity contribution is 6.46. The van der Waals surface area contributed by atoms with Crippen molar-refractivity contribution in [3.63, 3.8) is 0 Å². The Morgan fingerprint density at radius 1 is 1.06 bits per heavy atom. The van der Waals surface area contributed by atoms with Gasteiger partial charge in [-0.15, -0.1) is 0 Å². The summed E-state index contributed by atoms with van der Waals surface area (Å²) in [4.78, 5) is 29.8. The summed E-state index contributed by atoms with van der Waals surface area (Å²) in [6.45, 7) is 9.28. The van der Waals surface area contributed by atoms with E-state index in [1.54, 1.807) is 12.1 Å². The molecule has 0 bridgehead atoms. The van der Waals surface area contributed by atoms with Crippen molar-refractivity contribution >= 4 is 17.4 Å². The fraction of sp³-hybridized carbons (Fsp3) is 0.407. The molecule has 33 heavy (non-hydrogen) atoms. The number of ketones is 1. The van der Waals surface area contributed by atoms with Gasteiger partial charge in [-0.05, 0) is 74.3 Å². The number of hydrogen-bond acceptors (Lipinski definition) is 5. The molecule has 0 radical (unpaired) electrons. The number of Topliss-reactive ketones (excluding diaryl/α,β-unsaturated/α-hetero) is 1. The molecule has 1 saturated heterocycles. The van der Waals surface area contributed by atoms with Gasteiger partial charge in [-0.3, -0.25) is 9.59 Å². The predicted octanol–water partition coefficient (Wildman–Crippen LogP) is 4.37. The summed E-state index contributed by atoms with van der Waals surface area (Å²) in [5.74, 6) is -1.36. The molecule has 3 rings (SSSR count). The molecule has 1 amide bonds. The summed E-state index contributed by atoms with van der Waals surface area (Å²) in [5, 5.41) is 21.2. The zero-order valence-corrected chi connectivity index (χ0v) is 20.3. The number of phenols is 1. The minimum atomic E-state index is -0.717. The first-order chi connectivity index (χ1) is 15.4. The lowest BCUT2D eigenvalue weighted by Crippen LogP contribution is -2.32. The van der Waals surface area contributed by atoms with Gasteiger partial charge in [0.15, 0.2) is 0 Å². The lowest BCUT2D eigenvalue weighted by molar-refractivity contribution is -0.139. The minimum Gasteiger partial charge on any atom is -0.508 e. The Morgan fingerprint density at radius 3 is 2.27 bits per heavy atom. The second-order valence-electron chi connectivity index (χ2n) is 10.0. The molecule has 1 aliphatic heterocycles. The molecule has 1 unspecified atom stereocenters. The van der Waals surface area contributed by atoms with Crippen LogP contribution >= 0.6 is 0 Å². The number of hydrogen-bond donors (Lipinski definition) is 2. The van der Waals surface area contributed by atoms with Crippen molar-refractivity contribution in [1.82, 2.24) is 9.80 Å². The first-order valence-corrected chi connectivity index (χ1v) is 11.3. The smallest absolute Gasteiger partial charge is 0.295 e. The summed E-state index contributed by atoms with van der Waals surface area (Å²) in [6.07, 6.45) is 0.688. The van der Waals surface area contributed by atoms with Crippen LogP contribution in [0.15, 0.2) is 48.0 Å². The molecule has 1 heterocycles. The molecular formula is C27H34N2O4. The van der Waals surface area contributed by atoms with E-state index in [0.29, 0.717) is 24.1 Å². The number of rotatable bonds is 6. The van der Waals surface area contributed by atoms with Crippen molar-refractivity contribution in [3.05, 3.63) is 70.3 Å². The third-order valence-electron chi connectivity index (χ3n) is 6.11. The fourth-order valence-corrected chi connectivity index (χ4v) is 4.16. The Kier molecular flexibility index (Phi) is 6.98. The van der Waals surface area contributed by atoms with Crippen LogP contribution in [0.1, 0.15) is 55.5 Å². The number of aliphatic hydroxyl groups is 1. The second kappa shape index (κ2) is 9.40. The number of aromatic hydroxyl groups is 1. The molecule has 176 valence electrons. The lowest BCUT2D eigenvalue weighted by Gasteiger charge is -2.26. The van der Waals surface area contributed by atoms with Crippen LogP contribution in [0.5, 0.6) is 5.75 Å². The van der Waals surface area contributed by atoms with E-state index in [1.165, 1.54) is 17.0 Å². The molecule has 2 N–H and O–H groups in total. The van der Waals surface area contributed by atoms with Crippen LogP contribution in [0, 0.1) is 6.92 Å². The van der Waals surface area contributed by atoms with E-state index in [-0.39, 0.29) is 22.5 Å². The third kappa shape index (κ3) is 5.11. The monoisotopic (exact) mass is 450 g/mol. The Balaban J connectivity index is 2.17. The van der Waals surface area contributed by atoms with Gasteiger partial charge in [0.05, 0.1) is 11.6 Å². The van der Waals surface area contributed by atoms with Gasteiger partial charge in [0, 0.05) is 12.1 Å². The number of likely N-dealkylation sites (tertiary alicyclic amines) is 1. The summed E-state index contributed by atoms with van der Waals surface area (Å²) in [7, 11) is 3.91. The fourth-order valence-electron chi connectivity index (χ4n) is 4.16. The molecular weight excluding hydrogens is 416 g/mol.